The summed E-state index contributed by atoms with van der Waals surface area (Å²) >= 11 is 0. The van der Waals surface area contributed by atoms with E-state index in [0.717, 1.165) is 6.07 Å². The van der Waals surface area contributed by atoms with Gasteiger partial charge in [0.25, 0.3) is 10.1 Å². The molecule has 3 aromatic rings. The summed E-state index contributed by atoms with van der Waals surface area (Å²) in [5.41, 5.74) is 9.99. The molecule has 5 rings (SSSR count). The van der Waals surface area contributed by atoms with Crippen molar-refractivity contribution in [2.75, 3.05) is 29.9 Å². The van der Waals surface area contributed by atoms with Gasteiger partial charge < -0.3 is 48.3 Å². The standard InChI is InChI=1S/C44H55N9O13S2/c1-21(2)36(52-42(59)31-15-10-17-53(31)44(61)25(6)50-39(56)22(3)45)43(60)49-24(5)41(58)48-23(4)40(57)47-16-18-67(62,63)27-12-9-11-26(19-27)51-30-20-32(68(64,65)66)35(46)34-33(30)37(54)28-13-7-8-14-29(28)38(34)55/h7-9,11-14,19-25,31,36,51H,10,15-18,45-46H2,1-6H3,(H,47,57)(H,48,58)(H,49,60)(H,50,56)(H,52,59)(H,64,65,66). The molecule has 6 amide bonds. The van der Waals surface area contributed by atoms with Gasteiger partial charge in [-0.25, -0.2) is 8.42 Å². The van der Waals surface area contributed by atoms with Crippen molar-refractivity contribution in [2.45, 2.75) is 100 Å². The fraction of sp³-hybridized carbons (Fsp3) is 0.409. The lowest BCUT2D eigenvalue weighted by Crippen LogP contribution is -2.59. The summed E-state index contributed by atoms with van der Waals surface area (Å²) in [6, 6.07) is 5.59. The average Bonchev–Trinajstić information content (AvgIpc) is 3.77. The second kappa shape index (κ2) is 21.0. The van der Waals surface area contributed by atoms with Gasteiger partial charge >= 0.3 is 0 Å². The Bertz CT molecular complexity index is 2780. The van der Waals surface area contributed by atoms with E-state index in [0.29, 0.717) is 12.8 Å². The molecule has 6 atom stereocenters. The van der Waals surface area contributed by atoms with Crippen molar-refractivity contribution in [2.24, 2.45) is 11.7 Å². The molecule has 1 saturated heterocycles. The zero-order valence-electron chi connectivity index (χ0n) is 38.0. The van der Waals surface area contributed by atoms with Gasteiger partial charge in [0.2, 0.25) is 35.4 Å². The largest absolute Gasteiger partial charge is 0.397 e. The fourth-order valence-electron chi connectivity index (χ4n) is 7.62. The van der Waals surface area contributed by atoms with Crippen LogP contribution >= 0.6 is 0 Å². The first-order valence-electron chi connectivity index (χ1n) is 21.5. The van der Waals surface area contributed by atoms with Crippen molar-refractivity contribution in [1.29, 1.82) is 0 Å². The molecule has 68 heavy (non-hydrogen) atoms. The average molecular weight is 982 g/mol. The van der Waals surface area contributed by atoms with Gasteiger partial charge in [0.1, 0.15) is 35.1 Å². The van der Waals surface area contributed by atoms with E-state index in [1.807, 2.05) is 0 Å². The molecule has 0 saturated carbocycles. The molecule has 22 nitrogen and oxygen atoms in total. The van der Waals surface area contributed by atoms with Gasteiger partial charge in [-0.05, 0) is 70.7 Å². The number of hydrogen-bond donors (Lipinski definition) is 9. The monoisotopic (exact) mass is 981 g/mol. The molecule has 3 aromatic carbocycles. The molecule has 1 aliphatic carbocycles. The lowest BCUT2D eigenvalue weighted by molar-refractivity contribution is -0.142. The number of ketones is 2. The van der Waals surface area contributed by atoms with Crippen molar-refractivity contribution in [3.8, 4) is 0 Å². The predicted molar refractivity (Wildman–Crippen MR) is 247 cm³/mol. The molecule has 1 aliphatic heterocycles. The summed E-state index contributed by atoms with van der Waals surface area (Å²) in [5.74, 6) is -6.41. The van der Waals surface area contributed by atoms with E-state index in [9.17, 15) is 59.7 Å². The Balaban J connectivity index is 1.17. The molecule has 1 heterocycles. The Kier molecular flexibility index (Phi) is 16.2. The molecule has 11 N–H and O–H groups in total. The van der Waals surface area contributed by atoms with Crippen molar-refractivity contribution in [3.63, 3.8) is 0 Å². The maximum Gasteiger partial charge on any atom is 0.296 e. The minimum absolute atomic E-state index is 0.0151. The maximum absolute atomic E-state index is 13.7. The molecule has 2 aliphatic rings. The fourth-order valence-corrected chi connectivity index (χ4v) is 9.47. The van der Waals surface area contributed by atoms with Crippen LogP contribution in [0.25, 0.3) is 0 Å². The number of nitrogens with one attached hydrogen (secondary N) is 6. The SMILES string of the molecule is CC(N)C(=O)NC(C)C(=O)N1CCCC1C(=O)NC(C(=O)NC(C)C(=O)NC(C)C(=O)NCCS(=O)(=O)c1cccc(Nc2cc(S(=O)(=O)O)c(N)c3c2C(=O)c2ccccc2C3=O)c1)C(C)C. The third-order valence-electron chi connectivity index (χ3n) is 11.4. The first kappa shape index (κ1) is 52.2. The third-order valence-corrected chi connectivity index (χ3v) is 14.0. The molecule has 1 fully saturated rings. The highest BCUT2D eigenvalue weighted by Crippen LogP contribution is 2.40. The highest BCUT2D eigenvalue weighted by Gasteiger charge is 2.40. The summed E-state index contributed by atoms with van der Waals surface area (Å²) in [7, 11) is -9.17. The third kappa shape index (κ3) is 11.7. The number of benzene rings is 3. The van der Waals surface area contributed by atoms with E-state index in [4.69, 9.17) is 11.5 Å². The second-order valence-corrected chi connectivity index (χ2v) is 20.4. The Hall–Kier alpha value is -6.76. The van der Waals surface area contributed by atoms with Gasteiger partial charge in [-0.1, -0.05) is 44.2 Å². The molecule has 6 unspecified atom stereocenters. The van der Waals surface area contributed by atoms with Crippen LogP contribution in [0.5, 0.6) is 0 Å². The number of carbonyl (C=O) groups excluding carboxylic acids is 8. The number of nitrogen functional groups attached to an aromatic ring is 1. The van der Waals surface area contributed by atoms with Crippen molar-refractivity contribution >= 4 is 84.0 Å². The van der Waals surface area contributed by atoms with E-state index in [-0.39, 0.29) is 39.5 Å². The Labute approximate surface area is 392 Å². The zero-order valence-corrected chi connectivity index (χ0v) is 39.7. The van der Waals surface area contributed by atoms with E-state index >= 15 is 0 Å². The molecule has 0 bridgehead atoms. The number of amides is 6. The summed E-state index contributed by atoms with van der Waals surface area (Å²) in [5, 5.41) is 15.4. The topological polar surface area (TPSA) is 353 Å². The van der Waals surface area contributed by atoms with Gasteiger partial charge in [0, 0.05) is 29.9 Å². The maximum atomic E-state index is 13.7. The van der Waals surface area contributed by atoms with E-state index in [2.05, 4.69) is 31.9 Å². The van der Waals surface area contributed by atoms with Gasteiger partial charge in [0.05, 0.1) is 39.2 Å². The molecule has 0 spiro atoms. The smallest absolute Gasteiger partial charge is 0.296 e. The summed E-state index contributed by atoms with van der Waals surface area (Å²) in [6.07, 6.45) is 0.823. The summed E-state index contributed by atoms with van der Waals surface area (Å²) < 4.78 is 61.5. The summed E-state index contributed by atoms with van der Waals surface area (Å²) in [6.45, 7) is 8.82. The predicted octanol–water partition coefficient (Wildman–Crippen LogP) is -0.0825. The van der Waals surface area contributed by atoms with Crippen LogP contribution in [0.1, 0.15) is 86.2 Å². The number of fused-ring (bicyclic) bond motifs is 2. The lowest BCUT2D eigenvalue weighted by Gasteiger charge is -2.30. The first-order chi connectivity index (χ1) is 31.7. The number of anilines is 3. The van der Waals surface area contributed by atoms with Crippen LogP contribution < -0.4 is 43.4 Å². The number of rotatable bonds is 18. The number of nitrogens with zero attached hydrogens (tertiary/aromatic N) is 1. The van der Waals surface area contributed by atoms with Crippen LogP contribution in [-0.2, 0) is 48.7 Å². The molecular formula is C44H55N9O13S2. The van der Waals surface area contributed by atoms with Crippen LogP contribution in [0.3, 0.4) is 0 Å². The van der Waals surface area contributed by atoms with E-state index < -0.39 is 138 Å². The van der Waals surface area contributed by atoms with Crippen molar-refractivity contribution in [1.82, 2.24) is 31.5 Å². The first-order valence-corrected chi connectivity index (χ1v) is 24.6. The van der Waals surface area contributed by atoms with Crippen molar-refractivity contribution in [3.05, 3.63) is 76.9 Å². The minimum Gasteiger partial charge on any atom is -0.397 e. The van der Waals surface area contributed by atoms with Gasteiger partial charge in [-0.2, -0.15) is 8.42 Å². The second-order valence-electron chi connectivity index (χ2n) is 16.9. The van der Waals surface area contributed by atoms with E-state index in [1.165, 1.54) is 81.1 Å². The molecule has 0 radical (unpaired) electrons. The van der Waals surface area contributed by atoms with Crippen LogP contribution in [0, 0.1) is 5.92 Å². The molecular weight excluding hydrogens is 927 g/mol. The number of likely N-dealkylation sites (tertiary alicyclic amines) is 1. The van der Waals surface area contributed by atoms with Crippen LogP contribution in [0.15, 0.2) is 64.4 Å². The van der Waals surface area contributed by atoms with Crippen LogP contribution in [-0.4, -0.2) is 128 Å². The number of nitrogens with two attached hydrogens (primary N) is 2. The molecule has 24 heteroatoms. The van der Waals surface area contributed by atoms with Crippen LogP contribution in [0.2, 0.25) is 0 Å². The normalized spacial score (nSPS) is 16.8. The molecule has 0 aromatic heterocycles. The number of carbonyl (C=O) groups is 8. The van der Waals surface area contributed by atoms with Gasteiger partial charge in [-0.3, -0.25) is 42.9 Å². The van der Waals surface area contributed by atoms with Crippen LogP contribution in [0.4, 0.5) is 17.1 Å². The Morgan fingerprint density at radius 1 is 0.750 bits per heavy atom. The van der Waals surface area contributed by atoms with Crippen molar-refractivity contribution < 1.29 is 59.7 Å². The quantitative estimate of drug-likeness (QED) is 0.0465. The highest BCUT2D eigenvalue weighted by molar-refractivity contribution is 7.91. The number of sulfone groups is 1. The lowest BCUT2D eigenvalue weighted by atomic mass is 9.82. The highest BCUT2D eigenvalue weighted by atomic mass is 32.2. The summed E-state index contributed by atoms with van der Waals surface area (Å²) in [4.78, 5) is 105. The minimum atomic E-state index is -5.02. The number of hydrogen-bond acceptors (Lipinski definition) is 15. The Morgan fingerprint density at radius 2 is 1.34 bits per heavy atom. The van der Waals surface area contributed by atoms with E-state index in [1.54, 1.807) is 13.8 Å². The van der Waals surface area contributed by atoms with Gasteiger partial charge in [-0.15, -0.1) is 0 Å². The van der Waals surface area contributed by atoms with Gasteiger partial charge in [0.15, 0.2) is 21.4 Å². The Morgan fingerprint density at radius 3 is 1.94 bits per heavy atom. The molecule has 366 valence electrons. The zero-order chi connectivity index (χ0) is 50.6.